The standard InChI is InChI=1S/C14H17NO3S/c1-10-4-6-13(7-5-10)19(17,18)15-8-11(2)12(3)14(15)9-16/h4-8,16H,9H2,1-3H3. The average Bonchev–Trinajstić information content (AvgIpc) is 2.66. The number of aliphatic hydroxyl groups is 1. The Balaban J connectivity index is 2.63. The Kier molecular flexibility index (Phi) is 3.52. The van der Waals surface area contributed by atoms with E-state index in [-0.39, 0.29) is 11.5 Å². The van der Waals surface area contributed by atoms with Gasteiger partial charge in [0.05, 0.1) is 17.2 Å². The van der Waals surface area contributed by atoms with Crippen molar-refractivity contribution in [3.63, 3.8) is 0 Å². The molecule has 0 aliphatic heterocycles. The van der Waals surface area contributed by atoms with Crippen molar-refractivity contribution in [1.29, 1.82) is 0 Å². The smallest absolute Gasteiger partial charge is 0.267 e. The van der Waals surface area contributed by atoms with Gasteiger partial charge in [-0.1, -0.05) is 17.7 Å². The fraction of sp³-hybridized carbons (Fsp3) is 0.286. The molecule has 0 spiro atoms. The molecular formula is C14H17NO3S. The lowest BCUT2D eigenvalue weighted by atomic mass is 10.2. The molecule has 19 heavy (non-hydrogen) atoms. The highest BCUT2D eigenvalue weighted by atomic mass is 32.2. The van der Waals surface area contributed by atoms with Gasteiger partial charge >= 0.3 is 0 Å². The number of rotatable bonds is 3. The van der Waals surface area contributed by atoms with Crippen molar-refractivity contribution in [2.45, 2.75) is 32.3 Å². The van der Waals surface area contributed by atoms with Gasteiger partial charge in [-0.25, -0.2) is 12.4 Å². The van der Waals surface area contributed by atoms with Crippen LogP contribution < -0.4 is 0 Å². The Labute approximate surface area is 113 Å². The molecule has 0 saturated carbocycles. The van der Waals surface area contributed by atoms with E-state index < -0.39 is 10.0 Å². The molecule has 2 rings (SSSR count). The zero-order valence-electron chi connectivity index (χ0n) is 11.2. The summed E-state index contributed by atoms with van der Waals surface area (Å²) in [7, 11) is -3.64. The third kappa shape index (κ3) is 2.31. The number of nitrogens with zero attached hydrogens (tertiary/aromatic N) is 1. The molecule has 0 aliphatic rings. The van der Waals surface area contributed by atoms with E-state index in [0.717, 1.165) is 16.7 Å². The molecule has 0 aliphatic carbocycles. The maximum Gasteiger partial charge on any atom is 0.267 e. The molecule has 0 bridgehead atoms. The van der Waals surface area contributed by atoms with Crippen molar-refractivity contribution in [2.24, 2.45) is 0 Å². The van der Waals surface area contributed by atoms with E-state index in [4.69, 9.17) is 0 Å². The van der Waals surface area contributed by atoms with Crippen LogP contribution in [0.4, 0.5) is 0 Å². The summed E-state index contributed by atoms with van der Waals surface area (Å²) in [6.07, 6.45) is 1.55. The molecule has 0 fully saturated rings. The lowest BCUT2D eigenvalue weighted by molar-refractivity contribution is 0.275. The summed E-state index contributed by atoms with van der Waals surface area (Å²) in [4.78, 5) is 0.225. The van der Waals surface area contributed by atoms with Crippen LogP contribution in [0.2, 0.25) is 0 Å². The van der Waals surface area contributed by atoms with Crippen LogP contribution in [0.3, 0.4) is 0 Å². The molecule has 0 atom stereocenters. The highest BCUT2D eigenvalue weighted by molar-refractivity contribution is 7.90. The molecule has 1 aromatic heterocycles. The van der Waals surface area contributed by atoms with Gasteiger partial charge in [0.1, 0.15) is 0 Å². The normalized spacial score (nSPS) is 11.8. The van der Waals surface area contributed by atoms with Crippen LogP contribution in [-0.4, -0.2) is 17.5 Å². The Morgan fingerprint density at radius 3 is 2.21 bits per heavy atom. The van der Waals surface area contributed by atoms with Crippen LogP contribution >= 0.6 is 0 Å². The van der Waals surface area contributed by atoms with Crippen LogP contribution in [0.25, 0.3) is 0 Å². The minimum absolute atomic E-state index is 0.225. The van der Waals surface area contributed by atoms with Crippen molar-refractivity contribution < 1.29 is 13.5 Å². The molecule has 0 saturated heterocycles. The number of hydrogen-bond acceptors (Lipinski definition) is 3. The van der Waals surface area contributed by atoms with Gasteiger partial charge in [0.15, 0.2) is 0 Å². The minimum atomic E-state index is -3.64. The first-order chi connectivity index (χ1) is 8.87. The summed E-state index contributed by atoms with van der Waals surface area (Å²) in [6.45, 7) is 5.24. The van der Waals surface area contributed by atoms with Crippen molar-refractivity contribution in [3.8, 4) is 0 Å². The van der Waals surface area contributed by atoms with Crippen molar-refractivity contribution in [3.05, 3.63) is 52.8 Å². The minimum Gasteiger partial charge on any atom is -0.390 e. The molecule has 1 N–H and O–H groups in total. The second-order valence-electron chi connectivity index (χ2n) is 4.66. The monoisotopic (exact) mass is 279 g/mol. The first-order valence-electron chi connectivity index (χ1n) is 5.98. The first-order valence-corrected chi connectivity index (χ1v) is 7.42. The van der Waals surface area contributed by atoms with E-state index in [1.54, 1.807) is 30.5 Å². The summed E-state index contributed by atoms with van der Waals surface area (Å²) in [6, 6.07) is 6.68. The topological polar surface area (TPSA) is 59.3 Å². The summed E-state index contributed by atoms with van der Waals surface area (Å²) >= 11 is 0. The molecule has 0 radical (unpaired) electrons. The number of aliphatic hydroxyl groups excluding tert-OH is 1. The summed E-state index contributed by atoms with van der Waals surface area (Å²) in [5, 5.41) is 9.38. The van der Waals surface area contributed by atoms with Gasteiger partial charge in [0, 0.05) is 6.20 Å². The first kappa shape index (κ1) is 13.8. The predicted octanol–water partition coefficient (Wildman–Crippen LogP) is 2.14. The van der Waals surface area contributed by atoms with E-state index in [0.29, 0.717) is 5.69 Å². The summed E-state index contributed by atoms with van der Waals surface area (Å²) < 4.78 is 26.3. The van der Waals surface area contributed by atoms with E-state index >= 15 is 0 Å². The second kappa shape index (κ2) is 4.83. The zero-order valence-corrected chi connectivity index (χ0v) is 12.0. The molecule has 5 heteroatoms. The lowest BCUT2D eigenvalue weighted by Crippen LogP contribution is -2.15. The van der Waals surface area contributed by atoms with Crippen LogP contribution in [0.5, 0.6) is 0 Å². The molecule has 1 aromatic carbocycles. The highest BCUT2D eigenvalue weighted by Gasteiger charge is 2.21. The van der Waals surface area contributed by atoms with Gasteiger partial charge in [-0.05, 0) is 44.0 Å². The van der Waals surface area contributed by atoms with Crippen LogP contribution in [0.1, 0.15) is 22.4 Å². The van der Waals surface area contributed by atoms with E-state index in [9.17, 15) is 13.5 Å². The van der Waals surface area contributed by atoms with Gasteiger partial charge in [-0.2, -0.15) is 0 Å². The maximum atomic E-state index is 12.5. The number of aromatic nitrogens is 1. The highest BCUT2D eigenvalue weighted by Crippen LogP contribution is 2.22. The second-order valence-corrected chi connectivity index (χ2v) is 6.47. The molecule has 102 valence electrons. The fourth-order valence-electron chi connectivity index (χ4n) is 1.97. The Bertz CT molecular complexity index is 697. The summed E-state index contributed by atoms with van der Waals surface area (Å²) in [5.41, 5.74) is 3.07. The largest absolute Gasteiger partial charge is 0.390 e. The van der Waals surface area contributed by atoms with Crippen molar-refractivity contribution >= 4 is 10.0 Å². The Morgan fingerprint density at radius 2 is 1.68 bits per heavy atom. The SMILES string of the molecule is Cc1ccc(S(=O)(=O)n2cc(C)c(C)c2CO)cc1. The number of benzene rings is 1. The quantitative estimate of drug-likeness (QED) is 0.936. The third-order valence-corrected chi connectivity index (χ3v) is 5.04. The Hall–Kier alpha value is -1.59. The predicted molar refractivity (Wildman–Crippen MR) is 73.6 cm³/mol. The molecule has 2 aromatic rings. The van der Waals surface area contributed by atoms with Crippen LogP contribution in [0.15, 0.2) is 35.4 Å². The van der Waals surface area contributed by atoms with E-state index in [1.807, 2.05) is 20.8 Å². The van der Waals surface area contributed by atoms with E-state index in [2.05, 4.69) is 0 Å². The van der Waals surface area contributed by atoms with E-state index in [1.165, 1.54) is 3.97 Å². The van der Waals surface area contributed by atoms with Crippen molar-refractivity contribution in [2.75, 3.05) is 0 Å². The molecule has 4 nitrogen and oxygen atoms in total. The fourth-order valence-corrected chi connectivity index (χ4v) is 3.46. The number of aryl methyl sites for hydroxylation is 2. The molecular weight excluding hydrogens is 262 g/mol. The zero-order chi connectivity index (χ0) is 14.2. The Morgan fingerprint density at radius 1 is 1.11 bits per heavy atom. The van der Waals surface area contributed by atoms with Crippen LogP contribution in [0, 0.1) is 20.8 Å². The van der Waals surface area contributed by atoms with Crippen LogP contribution in [-0.2, 0) is 16.6 Å². The van der Waals surface area contributed by atoms with Gasteiger partial charge in [0.25, 0.3) is 10.0 Å². The maximum absolute atomic E-state index is 12.5. The van der Waals surface area contributed by atoms with Gasteiger partial charge in [-0.3, -0.25) is 0 Å². The van der Waals surface area contributed by atoms with Crippen molar-refractivity contribution in [1.82, 2.24) is 3.97 Å². The number of hydrogen-bond donors (Lipinski definition) is 1. The third-order valence-electron chi connectivity index (χ3n) is 3.33. The van der Waals surface area contributed by atoms with Gasteiger partial charge in [0.2, 0.25) is 0 Å². The van der Waals surface area contributed by atoms with Gasteiger partial charge in [-0.15, -0.1) is 0 Å². The average molecular weight is 279 g/mol. The molecule has 1 heterocycles. The molecule has 0 amide bonds. The molecule has 0 unspecified atom stereocenters. The van der Waals surface area contributed by atoms with Gasteiger partial charge < -0.3 is 5.11 Å². The summed E-state index contributed by atoms with van der Waals surface area (Å²) in [5.74, 6) is 0. The lowest BCUT2D eigenvalue weighted by Gasteiger charge is -2.10.